The molecule has 124 valence electrons. The third kappa shape index (κ3) is 8.50. The summed E-state index contributed by atoms with van der Waals surface area (Å²) in [6.45, 7) is 7.65. The van der Waals surface area contributed by atoms with E-state index in [0.29, 0.717) is 0 Å². The van der Waals surface area contributed by atoms with E-state index < -0.39 is 0 Å². The summed E-state index contributed by atoms with van der Waals surface area (Å²) in [5.41, 5.74) is 0.287. The first-order chi connectivity index (χ1) is 10.3. The topological polar surface area (TPSA) is 18.5 Å². The second-order valence-electron chi connectivity index (χ2n) is 6.46. The molecule has 2 heteroatoms. The molecule has 0 aromatic heterocycles. The van der Waals surface area contributed by atoms with E-state index in [1.165, 1.54) is 83.5 Å². The lowest BCUT2D eigenvalue weighted by atomic mass is 9.86. The van der Waals surface area contributed by atoms with Crippen LogP contribution in [0.5, 0.6) is 0 Å². The third-order valence-electron chi connectivity index (χ3n) is 4.87. The van der Waals surface area contributed by atoms with Gasteiger partial charge in [0.25, 0.3) is 0 Å². The highest BCUT2D eigenvalue weighted by molar-refractivity contribution is 4.85. The predicted octanol–water partition coefficient (Wildman–Crippen LogP) is 6.01. The Bertz CT molecular complexity index is 240. The van der Waals surface area contributed by atoms with Crippen molar-refractivity contribution in [2.75, 3.05) is 13.2 Å². The summed E-state index contributed by atoms with van der Waals surface area (Å²) in [5, 5.41) is 0. The minimum atomic E-state index is 0.287. The summed E-state index contributed by atoms with van der Waals surface area (Å²) in [5.74, 6) is 0. The molecule has 1 fully saturated rings. The van der Waals surface area contributed by atoms with Crippen LogP contribution >= 0.6 is 0 Å². The summed E-state index contributed by atoms with van der Waals surface area (Å²) in [6, 6.07) is 0. The van der Waals surface area contributed by atoms with Crippen molar-refractivity contribution in [1.82, 2.24) is 0 Å². The van der Waals surface area contributed by atoms with Gasteiger partial charge < -0.3 is 9.47 Å². The third-order valence-corrected chi connectivity index (χ3v) is 4.87. The Morgan fingerprint density at radius 3 is 1.90 bits per heavy atom. The quantitative estimate of drug-likeness (QED) is 0.272. The molecular weight excluding hydrogens is 260 g/mol. The predicted molar refractivity (Wildman–Crippen MR) is 90.5 cm³/mol. The van der Waals surface area contributed by atoms with Crippen molar-refractivity contribution in [3.63, 3.8) is 0 Å². The van der Waals surface area contributed by atoms with Crippen molar-refractivity contribution in [3.8, 4) is 0 Å². The Morgan fingerprint density at radius 1 is 0.952 bits per heavy atom. The van der Waals surface area contributed by atoms with Gasteiger partial charge in [0, 0.05) is 0 Å². The fourth-order valence-corrected chi connectivity index (χ4v) is 3.17. The zero-order chi connectivity index (χ0) is 15.2. The second kappa shape index (κ2) is 12.1. The lowest BCUT2D eigenvalue weighted by molar-refractivity contribution is -0.154. The van der Waals surface area contributed by atoms with E-state index in [1.54, 1.807) is 6.26 Å². The first kappa shape index (κ1) is 18.5. The number of hydrogen-bond acceptors (Lipinski definition) is 2. The molecule has 21 heavy (non-hydrogen) atoms. The molecule has 0 aromatic carbocycles. The van der Waals surface area contributed by atoms with E-state index in [0.717, 1.165) is 13.2 Å². The van der Waals surface area contributed by atoms with Crippen LogP contribution in [0.2, 0.25) is 0 Å². The largest absolute Gasteiger partial charge is 0.502 e. The average molecular weight is 296 g/mol. The molecule has 0 bridgehead atoms. The molecule has 0 aromatic rings. The molecule has 1 saturated heterocycles. The van der Waals surface area contributed by atoms with Crippen molar-refractivity contribution in [1.29, 1.82) is 0 Å². The SMILES string of the molecule is C=COCCCCCCCCCCCCC1(CC)CCO1. The molecule has 1 rings (SSSR count). The van der Waals surface area contributed by atoms with Gasteiger partial charge in [0.2, 0.25) is 0 Å². The summed E-state index contributed by atoms with van der Waals surface area (Å²) in [4.78, 5) is 0. The highest BCUT2D eigenvalue weighted by Gasteiger charge is 2.35. The number of unbranched alkanes of at least 4 members (excludes halogenated alkanes) is 9. The molecule has 1 aliphatic heterocycles. The highest BCUT2D eigenvalue weighted by atomic mass is 16.5. The van der Waals surface area contributed by atoms with Crippen LogP contribution < -0.4 is 0 Å². The first-order valence-corrected chi connectivity index (χ1v) is 9.19. The zero-order valence-electron chi connectivity index (χ0n) is 14.2. The molecule has 0 aliphatic carbocycles. The van der Waals surface area contributed by atoms with Gasteiger partial charge in [-0.25, -0.2) is 0 Å². The van der Waals surface area contributed by atoms with Crippen molar-refractivity contribution < 1.29 is 9.47 Å². The summed E-state index contributed by atoms with van der Waals surface area (Å²) < 4.78 is 10.9. The van der Waals surface area contributed by atoms with Crippen molar-refractivity contribution in [3.05, 3.63) is 12.8 Å². The summed E-state index contributed by atoms with van der Waals surface area (Å²) in [7, 11) is 0. The minimum absolute atomic E-state index is 0.287. The van der Waals surface area contributed by atoms with E-state index in [2.05, 4.69) is 13.5 Å². The average Bonchev–Trinajstić information content (AvgIpc) is 2.46. The minimum Gasteiger partial charge on any atom is -0.502 e. The van der Waals surface area contributed by atoms with Gasteiger partial charge in [-0.1, -0.05) is 71.3 Å². The number of hydrogen-bond donors (Lipinski definition) is 0. The van der Waals surface area contributed by atoms with Gasteiger partial charge in [0.05, 0.1) is 25.1 Å². The van der Waals surface area contributed by atoms with Crippen LogP contribution in [0, 0.1) is 0 Å². The number of rotatable bonds is 15. The van der Waals surface area contributed by atoms with Gasteiger partial charge in [-0.2, -0.15) is 0 Å². The van der Waals surface area contributed by atoms with Crippen LogP contribution in [-0.2, 0) is 9.47 Å². The maximum absolute atomic E-state index is 5.76. The van der Waals surface area contributed by atoms with Gasteiger partial charge in [-0.05, 0) is 25.7 Å². The second-order valence-corrected chi connectivity index (χ2v) is 6.46. The van der Waals surface area contributed by atoms with E-state index in [1.807, 2.05) is 0 Å². The monoisotopic (exact) mass is 296 g/mol. The Labute approximate surface area is 132 Å². The van der Waals surface area contributed by atoms with E-state index in [4.69, 9.17) is 9.47 Å². The van der Waals surface area contributed by atoms with E-state index in [9.17, 15) is 0 Å². The van der Waals surface area contributed by atoms with E-state index in [-0.39, 0.29) is 5.60 Å². The lowest BCUT2D eigenvalue weighted by Crippen LogP contribution is -2.42. The molecule has 1 atom stereocenters. The van der Waals surface area contributed by atoms with Crippen molar-refractivity contribution in [2.24, 2.45) is 0 Å². The standard InChI is InChI=1S/C19H36O2/c1-3-19(16-18-21-19)15-13-11-9-7-5-6-8-10-12-14-17-20-4-2/h4H,2-3,5-18H2,1H3. The van der Waals surface area contributed by atoms with Gasteiger partial charge >= 0.3 is 0 Å². The lowest BCUT2D eigenvalue weighted by Gasteiger charge is -2.41. The molecule has 1 unspecified atom stereocenters. The first-order valence-electron chi connectivity index (χ1n) is 9.19. The smallest absolute Gasteiger partial charge is 0.0873 e. The van der Waals surface area contributed by atoms with Gasteiger partial charge in [-0.3, -0.25) is 0 Å². The molecule has 0 amide bonds. The molecule has 1 heterocycles. The molecular formula is C19H36O2. The maximum Gasteiger partial charge on any atom is 0.0873 e. The van der Waals surface area contributed by atoms with Crippen LogP contribution in [-0.4, -0.2) is 18.8 Å². The summed E-state index contributed by atoms with van der Waals surface area (Å²) in [6.07, 6.45) is 18.9. The van der Waals surface area contributed by atoms with Crippen LogP contribution in [0.1, 0.15) is 90.4 Å². The Balaban J connectivity index is 1.74. The Morgan fingerprint density at radius 2 is 1.48 bits per heavy atom. The molecule has 0 radical (unpaired) electrons. The van der Waals surface area contributed by atoms with E-state index >= 15 is 0 Å². The van der Waals surface area contributed by atoms with Gasteiger partial charge in [-0.15, -0.1) is 0 Å². The van der Waals surface area contributed by atoms with Gasteiger partial charge in [0.1, 0.15) is 0 Å². The molecule has 1 aliphatic rings. The fraction of sp³-hybridized carbons (Fsp3) is 0.895. The van der Waals surface area contributed by atoms with Crippen LogP contribution in [0.4, 0.5) is 0 Å². The molecule has 0 N–H and O–H groups in total. The molecule has 0 saturated carbocycles. The van der Waals surface area contributed by atoms with Crippen molar-refractivity contribution >= 4 is 0 Å². The Hall–Kier alpha value is -0.500. The highest BCUT2D eigenvalue weighted by Crippen LogP contribution is 2.35. The normalized spacial score (nSPS) is 21.0. The Kier molecular flexibility index (Phi) is 10.7. The van der Waals surface area contributed by atoms with Crippen molar-refractivity contribution in [2.45, 2.75) is 96.0 Å². The fourth-order valence-electron chi connectivity index (χ4n) is 3.17. The molecule has 0 spiro atoms. The zero-order valence-corrected chi connectivity index (χ0v) is 14.2. The van der Waals surface area contributed by atoms with Crippen LogP contribution in [0.15, 0.2) is 12.8 Å². The van der Waals surface area contributed by atoms with Crippen LogP contribution in [0.3, 0.4) is 0 Å². The van der Waals surface area contributed by atoms with Crippen LogP contribution in [0.25, 0.3) is 0 Å². The summed E-state index contributed by atoms with van der Waals surface area (Å²) >= 11 is 0. The number of ether oxygens (including phenoxy) is 2. The molecule has 2 nitrogen and oxygen atoms in total. The maximum atomic E-state index is 5.76. The van der Waals surface area contributed by atoms with Gasteiger partial charge in [0.15, 0.2) is 0 Å².